The molecule has 0 spiro atoms. The van der Waals surface area contributed by atoms with E-state index in [2.05, 4.69) is 21.4 Å². The summed E-state index contributed by atoms with van der Waals surface area (Å²) in [5.74, 6) is 0.808. The number of nitrogens with one attached hydrogen (secondary N) is 1. The Morgan fingerprint density at radius 2 is 2.13 bits per heavy atom. The molecule has 1 aliphatic heterocycles. The molecular weight excluding hydrogens is 374 g/mol. The maximum Gasteiger partial charge on any atom is 0.136 e. The van der Waals surface area contributed by atoms with E-state index in [9.17, 15) is 0 Å². The van der Waals surface area contributed by atoms with Crippen molar-refractivity contribution >= 4 is 23.3 Å². The standard InChI is InChI=1S/C23H25N7/c1-2-15-7-8-20(29-23(15)30-10-4-6-17(24)14-30)22(26)18-11-21(28-13-19(18)25)16-5-3-9-27-12-16/h2-3,5,7-9,11-13,17,26H,1,4,6,10,14,24-25H2. The molecule has 0 aromatic carbocycles. The number of hydrogen-bond donors (Lipinski definition) is 3. The number of aromatic nitrogens is 3. The van der Waals surface area contributed by atoms with Crippen LogP contribution < -0.4 is 16.4 Å². The molecule has 5 N–H and O–H groups in total. The van der Waals surface area contributed by atoms with Gasteiger partial charge in [0.15, 0.2) is 0 Å². The molecule has 0 saturated carbocycles. The second kappa shape index (κ2) is 8.42. The summed E-state index contributed by atoms with van der Waals surface area (Å²) in [7, 11) is 0. The highest BCUT2D eigenvalue weighted by molar-refractivity contribution is 6.13. The minimum atomic E-state index is 0.124. The van der Waals surface area contributed by atoms with Crippen LogP contribution in [-0.4, -0.2) is 39.8 Å². The lowest BCUT2D eigenvalue weighted by Gasteiger charge is -2.32. The summed E-state index contributed by atoms with van der Waals surface area (Å²) in [6.45, 7) is 5.54. The molecule has 30 heavy (non-hydrogen) atoms. The van der Waals surface area contributed by atoms with E-state index < -0.39 is 0 Å². The van der Waals surface area contributed by atoms with Crippen molar-refractivity contribution in [3.8, 4) is 11.3 Å². The monoisotopic (exact) mass is 399 g/mol. The van der Waals surface area contributed by atoms with Gasteiger partial charge in [-0.3, -0.25) is 15.4 Å². The quantitative estimate of drug-likeness (QED) is 0.568. The van der Waals surface area contributed by atoms with Gasteiger partial charge in [0.1, 0.15) is 5.82 Å². The highest BCUT2D eigenvalue weighted by atomic mass is 15.2. The van der Waals surface area contributed by atoms with E-state index in [4.69, 9.17) is 21.9 Å². The van der Waals surface area contributed by atoms with Gasteiger partial charge in [-0.1, -0.05) is 12.7 Å². The summed E-state index contributed by atoms with van der Waals surface area (Å²) in [6.07, 6.45) is 8.85. The van der Waals surface area contributed by atoms with Crippen LogP contribution in [0.25, 0.3) is 17.3 Å². The van der Waals surface area contributed by atoms with Crippen LogP contribution in [0.2, 0.25) is 0 Å². The zero-order chi connectivity index (χ0) is 21.1. The van der Waals surface area contributed by atoms with Crippen LogP contribution in [0.5, 0.6) is 0 Å². The predicted molar refractivity (Wildman–Crippen MR) is 122 cm³/mol. The normalized spacial score (nSPS) is 16.3. The number of nitrogens with two attached hydrogens (primary N) is 2. The Labute approximate surface area is 176 Å². The lowest BCUT2D eigenvalue weighted by atomic mass is 10.0. The van der Waals surface area contributed by atoms with Crippen molar-refractivity contribution in [2.75, 3.05) is 23.7 Å². The number of anilines is 2. The first-order chi connectivity index (χ1) is 14.6. The topological polar surface area (TPSA) is 118 Å². The highest BCUT2D eigenvalue weighted by Crippen LogP contribution is 2.26. The maximum absolute atomic E-state index is 8.79. The van der Waals surface area contributed by atoms with Crippen LogP contribution in [0, 0.1) is 5.41 Å². The van der Waals surface area contributed by atoms with Crippen LogP contribution in [0.1, 0.15) is 29.7 Å². The number of hydrogen-bond acceptors (Lipinski definition) is 7. The number of pyridine rings is 3. The van der Waals surface area contributed by atoms with E-state index in [0.717, 1.165) is 42.9 Å². The van der Waals surface area contributed by atoms with Crippen molar-refractivity contribution < 1.29 is 0 Å². The molecule has 7 nitrogen and oxygen atoms in total. The van der Waals surface area contributed by atoms with Crippen LogP contribution in [0.4, 0.5) is 11.5 Å². The van der Waals surface area contributed by atoms with Crippen LogP contribution in [0.15, 0.2) is 55.5 Å². The van der Waals surface area contributed by atoms with Gasteiger partial charge in [0.05, 0.1) is 29.0 Å². The molecule has 0 aliphatic carbocycles. The third kappa shape index (κ3) is 3.92. The fourth-order valence-corrected chi connectivity index (χ4v) is 3.71. The van der Waals surface area contributed by atoms with Crippen LogP contribution in [-0.2, 0) is 0 Å². The molecule has 4 heterocycles. The molecule has 152 valence electrons. The van der Waals surface area contributed by atoms with Gasteiger partial charge in [0.2, 0.25) is 0 Å². The molecule has 1 aliphatic rings. The van der Waals surface area contributed by atoms with E-state index in [1.54, 1.807) is 24.7 Å². The predicted octanol–water partition coefficient (Wildman–Crippen LogP) is 3.11. The summed E-state index contributed by atoms with van der Waals surface area (Å²) in [5.41, 5.74) is 16.7. The molecule has 0 bridgehead atoms. The van der Waals surface area contributed by atoms with E-state index >= 15 is 0 Å². The molecule has 0 radical (unpaired) electrons. The van der Waals surface area contributed by atoms with Gasteiger partial charge in [-0.25, -0.2) is 4.98 Å². The summed E-state index contributed by atoms with van der Waals surface area (Å²) >= 11 is 0. The van der Waals surface area contributed by atoms with Crippen LogP contribution in [0.3, 0.4) is 0 Å². The Kier molecular flexibility index (Phi) is 5.54. The number of nitrogens with zero attached hydrogens (tertiary/aromatic N) is 4. The zero-order valence-electron chi connectivity index (χ0n) is 16.8. The number of rotatable bonds is 5. The first-order valence-electron chi connectivity index (χ1n) is 9.96. The molecule has 3 aromatic rings. The minimum absolute atomic E-state index is 0.124. The smallest absolute Gasteiger partial charge is 0.136 e. The van der Waals surface area contributed by atoms with Gasteiger partial charge in [-0.2, -0.15) is 0 Å². The molecule has 1 fully saturated rings. The Morgan fingerprint density at radius 3 is 2.87 bits per heavy atom. The third-order valence-electron chi connectivity index (χ3n) is 5.30. The highest BCUT2D eigenvalue weighted by Gasteiger charge is 2.21. The van der Waals surface area contributed by atoms with Gasteiger partial charge >= 0.3 is 0 Å². The molecule has 3 aromatic heterocycles. The Balaban J connectivity index is 1.71. The summed E-state index contributed by atoms with van der Waals surface area (Å²) < 4.78 is 0. The maximum atomic E-state index is 8.79. The van der Waals surface area contributed by atoms with Crippen molar-refractivity contribution in [2.45, 2.75) is 18.9 Å². The van der Waals surface area contributed by atoms with E-state index in [1.165, 1.54) is 0 Å². The Hall–Kier alpha value is -3.58. The van der Waals surface area contributed by atoms with Crippen molar-refractivity contribution in [1.29, 1.82) is 5.41 Å². The Bertz CT molecular complexity index is 1080. The molecule has 0 amide bonds. The lowest BCUT2D eigenvalue weighted by molar-refractivity contribution is 0.503. The minimum Gasteiger partial charge on any atom is -0.397 e. The summed E-state index contributed by atoms with van der Waals surface area (Å²) in [4.78, 5) is 15.5. The Morgan fingerprint density at radius 1 is 1.27 bits per heavy atom. The average Bonchev–Trinajstić information content (AvgIpc) is 2.79. The fourth-order valence-electron chi connectivity index (χ4n) is 3.71. The van der Waals surface area contributed by atoms with E-state index in [-0.39, 0.29) is 11.8 Å². The van der Waals surface area contributed by atoms with Crippen molar-refractivity contribution in [2.24, 2.45) is 5.73 Å². The summed E-state index contributed by atoms with van der Waals surface area (Å²) in [6, 6.07) is 9.49. The number of piperidine rings is 1. The van der Waals surface area contributed by atoms with Gasteiger partial charge in [0, 0.05) is 48.2 Å². The molecule has 4 rings (SSSR count). The second-order valence-corrected chi connectivity index (χ2v) is 7.44. The van der Waals surface area contributed by atoms with Crippen molar-refractivity contribution in [1.82, 2.24) is 15.0 Å². The molecule has 1 atom stereocenters. The second-order valence-electron chi connectivity index (χ2n) is 7.44. The molecular formula is C23H25N7. The molecule has 7 heteroatoms. The van der Waals surface area contributed by atoms with E-state index in [1.807, 2.05) is 30.3 Å². The van der Waals surface area contributed by atoms with Crippen molar-refractivity contribution in [3.63, 3.8) is 0 Å². The molecule has 1 saturated heterocycles. The summed E-state index contributed by atoms with van der Waals surface area (Å²) in [5, 5.41) is 8.79. The number of nitrogen functional groups attached to an aromatic ring is 1. The average molecular weight is 400 g/mol. The zero-order valence-corrected chi connectivity index (χ0v) is 16.8. The third-order valence-corrected chi connectivity index (χ3v) is 5.30. The van der Waals surface area contributed by atoms with Gasteiger partial charge in [-0.15, -0.1) is 0 Å². The largest absolute Gasteiger partial charge is 0.397 e. The first-order valence-corrected chi connectivity index (χ1v) is 9.96. The van der Waals surface area contributed by atoms with Gasteiger partial charge in [0.25, 0.3) is 0 Å². The first kappa shape index (κ1) is 19.7. The lowest BCUT2D eigenvalue weighted by Crippen LogP contribution is -2.43. The van der Waals surface area contributed by atoms with Crippen LogP contribution >= 0.6 is 0 Å². The SMILES string of the molecule is C=Cc1ccc(C(=N)c2cc(-c3cccnc3)ncc2N)nc1N1CCCC(N)C1. The van der Waals surface area contributed by atoms with Gasteiger partial charge in [-0.05, 0) is 43.2 Å². The van der Waals surface area contributed by atoms with Gasteiger partial charge < -0.3 is 16.4 Å². The fraction of sp³-hybridized carbons (Fsp3) is 0.217. The van der Waals surface area contributed by atoms with Crippen molar-refractivity contribution in [3.05, 3.63) is 72.3 Å². The molecule has 1 unspecified atom stereocenters. The van der Waals surface area contributed by atoms with E-state index in [0.29, 0.717) is 22.6 Å².